The Bertz CT molecular complexity index is 1230. The van der Waals surface area contributed by atoms with Crippen molar-refractivity contribution in [3.05, 3.63) is 47.7 Å². The van der Waals surface area contributed by atoms with Gasteiger partial charge in [0, 0.05) is 43.7 Å². The monoisotopic (exact) mass is 551 g/mol. The third-order valence-corrected chi connectivity index (χ3v) is 6.92. The van der Waals surface area contributed by atoms with E-state index in [0.717, 1.165) is 36.2 Å². The SMILES string of the molecule is CC1(C)C(=O)N(c2ccc(C(F)(F)F)cc2S)C(=O)N1Cc1ccnc(NC(=O)CCN2CCOCC2)c1. The maximum Gasteiger partial charge on any atom is 0.416 e. The Morgan fingerprint density at radius 1 is 1.16 bits per heavy atom. The van der Waals surface area contributed by atoms with Gasteiger partial charge in [0.2, 0.25) is 5.91 Å². The van der Waals surface area contributed by atoms with Crippen LogP contribution in [-0.4, -0.2) is 71.0 Å². The molecule has 0 radical (unpaired) electrons. The van der Waals surface area contributed by atoms with Crippen molar-refractivity contribution in [3.8, 4) is 0 Å². The van der Waals surface area contributed by atoms with Gasteiger partial charge in [0.25, 0.3) is 5.91 Å². The molecule has 1 N–H and O–H groups in total. The van der Waals surface area contributed by atoms with E-state index in [1.807, 2.05) is 0 Å². The summed E-state index contributed by atoms with van der Waals surface area (Å²) in [5.74, 6) is -0.491. The van der Waals surface area contributed by atoms with E-state index in [0.29, 0.717) is 31.1 Å². The first-order valence-corrected chi connectivity index (χ1v) is 12.4. The van der Waals surface area contributed by atoms with Crippen molar-refractivity contribution in [2.24, 2.45) is 0 Å². The van der Waals surface area contributed by atoms with Crippen molar-refractivity contribution in [2.45, 2.75) is 43.4 Å². The largest absolute Gasteiger partial charge is 0.416 e. The summed E-state index contributed by atoms with van der Waals surface area (Å²) < 4.78 is 44.5. The predicted octanol–water partition coefficient (Wildman–Crippen LogP) is 3.80. The number of hydrogen-bond acceptors (Lipinski definition) is 7. The first kappa shape index (κ1) is 27.9. The van der Waals surface area contributed by atoms with Crippen LogP contribution in [0.1, 0.15) is 31.4 Å². The number of hydrogen-bond donors (Lipinski definition) is 2. The number of anilines is 2. The fraction of sp³-hybridized carbons (Fsp3) is 0.440. The molecule has 9 nitrogen and oxygen atoms in total. The van der Waals surface area contributed by atoms with Gasteiger partial charge in [-0.05, 0) is 49.7 Å². The third kappa shape index (κ3) is 5.94. The first-order valence-electron chi connectivity index (χ1n) is 12.0. The molecule has 1 aromatic carbocycles. The second-order valence-electron chi connectivity index (χ2n) is 9.57. The summed E-state index contributed by atoms with van der Waals surface area (Å²) >= 11 is 4.12. The van der Waals surface area contributed by atoms with Gasteiger partial charge in [-0.2, -0.15) is 13.2 Å². The van der Waals surface area contributed by atoms with E-state index in [4.69, 9.17) is 4.74 Å². The molecule has 3 heterocycles. The zero-order valence-corrected chi connectivity index (χ0v) is 21.8. The van der Waals surface area contributed by atoms with Crippen LogP contribution in [0.5, 0.6) is 0 Å². The molecule has 2 saturated heterocycles. The van der Waals surface area contributed by atoms with Gasteiger partial charge in [0.15, 0.2) is 0 Å². The van der Waals surface area contributed by atoms with Crippen LogP contribution in [0, 0.1) is 0 Å². The second kappa shape index (κ2) is 10.9. The first-order chi connectivity index (χ1) is 17.9. The number of ether oxygens (including phenoxy) is 1. The number of urea groups is 1. The van der Waals surface area contributed by atoms with E-state index in [2.05, 4.69) is 27.8 Å². The van der Waals surface area contributed by atoms with Gasteiger partial charge >= 0.3 is 12.2 Å². The van der Waals surface area contributed by atoms with Gasteiger partial charge in [-0.25, -0.2) is 14.7 Å². The molecule has 4 rings (SSSR count). The molecule has 38 heavy (non-hydrogen) atoms. The van der Waals surface area contributed by atoms with Crippen molar-refractivity contribution < 1.29 is 32.3 Å². The van der Waals surface area contributed by atoms with Gasteiger partial charge in [-0.15, -0.1) is 12.6 Å². The highest BCUT2D eigenvalue weighted by Crippen LogP contribution is 2.39. The molecule has 0 atom stereocenters. The van der Waals surface area contributed by atoms with Gasteiger partial charge in [0.1, 0.15) is 11.4 Å². The maximum atomic E-state index is 13.3. The standard InChI is InChI=1S/C25H28F3N5O4S/c1-24(2)22(35)33(18-4-3-17(14-19(18)38)25(26,27)28)23(36)32(24)15-16-5-7-29-20(13-16)30-21(34)6-8-31-9-11-37-12-10-31/h3-5,7,13-14,38H,6,8-12,15H2,1-2H3,(H,29,30,34). The molecule has 4 amide bonds. The highest BCUT2D eigenvalue weighted by Gasteiger charge is 2.52. The number of thiol groups is 1. The molecule has 2 aromatic rings. The topological polar surface area (TPSA) is 95.1 Å². The highest BCUT2D eigenvalue weighted by molar-refractivity contribution is 7.80. The molecular formula is C25H28F3N5O4S. The number of morpholine rings is 1. The van der Waals surface area contributed by atoms with Crippen LogP contribution in [0.4, 0.5) is 29.5 Å². The molecule has 1 aromatic heterocycles. The smallest absolute Gasteiger partial charge is 0.379 e. The van der Waals surface area contributed by atoms with Crippen molar-refractivity contribution in [1.29, 1.82) is 0 Å². The molecular weight excluding hydrogens is 523 g/mol. The summed E-state index contributed by atoms with van der Waals surface area (Å²) in [6.45, 7) is 6.57. The number of nitrogens with one attached hydrogen (secondary N) is 1. The van der Waals surface area contributed by atoms with Crippen LogP contribution in [-0.2, 0) is 27.0 Å². The Kier molecular flexibility index (Phi) is 8.00. The summed E-state index contributed by atoms with van der Waals surface area (Å²) in [4.78, 5) is 47.3. The van der Waals surface area contributed by atoms with Gasteiger partial charge in [0.05, 0.1) is 24.5 Å². The molecule has 0 bridgehead atoms. The average Bonchev–Trinajstić information content (AvgIpc) is 3.02. The summed E-state index contributed by atoms with van der Waals surface area (Å²) in [6, 6.07) is 5.24. The average molecular weight is 552 g/mol. The molecule has 204 valence electrons. The lowest BCUT2D eigenvalue weighted by atomic mass is 10.0. The second-order valence-corrected chi connectivity index (χ2v) is 10.1. The maximum absolute atomic E-state index is 13.3. The Morgan fingerprint density at radius 2 is 1.87 bits per heavy atom. The summed E-state index contributed by atoms with van der Waals surface area (Å²) in [5.41, 5.74) is -1.64. The third-order valence-electron chi connectivity index (χ3n) is 6.56. The zero-order valence-electron chi connectivity index (χ0n) is 20.9. The van der Waals surface area contributed by atoms with Crippen LogP contribution in [0.25, 0.3) is 0 Å². The van der Waals surface area contributed by atoms with Crippen molar-refractivity contribution in [1.82, 2.24) is 14.8 Å². The number of benzene rings is 1. The number of imide groups is 1. The lowest BCUT2D eigenvalue weighted by molar-refractivity contribution is -0.137. The van der Waals surface area contributed by atoms with Crippen molar-refractivity contribution >= 4 is 42.0 Å². The minimum Gasteiger partial charge on any atom is -0.379 e. The van der Waals surface area contributed by atoms with Crippen molar-refractivity contribution in [2.75, 3.05) is 43.1 Å². The number of carbonyl (C=O) groups excluding carboxylic acids is 3. The molecule has 0 aliphatic carbocycles. The van der Waals surface area contributed by atoms with Crippen molar-refractivity contribution in [3.63, 3.8) is 0 Å². The fourth-order valence-corrected chi connectivity index (χ4v) is 4.63. The Morgan fingerprint density at radius 3 is 2.53 bits per heavy atom. The highest BCUT2D eigenvalue weighted by atomic mass is 32.1. The number of carbonyl (C=O) groups is 3. The molecule has 2 aliphatic heterocycles. The van der Waals surface area contributed by atoms with Gasteiger partial charge in [-0.1, -0.05) is 0 Å². The lowest BCUT2D eigenvalue weighted by Crippen LogP contribution is -2.43. The number of pyridine rings is 1. The zero-order chi connectivity index (χ0) is 27.7. The van der Waals surface area contributed by atoms with Crippen LogP contribution >= 0.6 is 12.6 Å². The molecule has 0 saturated carbocycles. The van der Waals surface area contributed by atoms with Crippen LogP contribution in [0.2, 0.25) is 0 Å². The van der Waals surface area contributed by atoms with Gasteiger partial charge in [-0.3, -0.25) is 14.5 Å². The summed E-state index contributed by atoms with van der Waals surface area (Å²) in [6.07, 6.45) is -2.81. The quantitative estimate of drug-likeness (QED) is 0.402. The Labute approximate surface area is 223 Å². The molecule has 0 spiro atoms. The number of nitrogens with zero attached hydrogens (tertiary/aromatic N) is 4. The van der Waals surface area contributed by atoms with Crippen LogP contribution in [0.15, 0.2) is 41.4 Å². The molecule has 0 unspecified atom stereocenters. The molecule has 13 heteroatoms. The number of amides is 4. The number of aromatic nitrogens is 1. The molecule has 2 aliphatic rings. The summed E-state index contributed by atoms with van der Waals surface area (Å²) in [5, 5.41) is 2.76. The van der Waals surface area contributed by atoms with Crippen LogP contribution < -0.4 is 10.2 Å². The van der Waals surface area contributed by atoms with E-state index < -0.39 is 29.2 Å². The van der Waals surface area contributed by atoms with E-state index in [1.54, 1.807) is 26.0 Å². The molecule has 2 fully saturated rings. The van der Waals surface area contributed by atoms with Gasteiger partial charge < -0.3 is 15.0 Å². The predicted molar refractivity (Wildman–Crippen MR) is 136 cm³/mol. The van der Waals surface area contributed by atoms with E-state index in [9.17, 15) is 27.6 Å². The Balaban J connectivity index is 1.46. The lowest BCUT2D eigenvalue weighted by Gasteiger charge is -2.27. The fourth-order valence-electron chi connectivity index (χ4n) is 4.32. The minimum absolute atomic E-state index is 0.00970. The van der Waals surface area contributed by atoms with Crippen LogP contribution in [0.3, 0.4) is 0 Å². The normalized spacial score (nSPS) is 18.3. The number of alkyl halides is 3. The van der Waals surface area contributed by atoms with E-state index in [-0.39, 0.29) is 29.5 Å². The Hall–Kier alpha value is -3.16. The number of halogens is 3. The minimum atomic E-state index is -4.59. The number of rotatable bonds is 7. The summed E-state index contributed by atoms with van der Waals surface area (Å²) in [7, 11) is 0. The van der Waals surface area contributed by atoms with E-state index >= 15 is 0 Å². The van der Waals surface area contributed by atoms with E-state index in [1.165, 1.54) is 11.1 Å².